The van der Waals surface area contributed by atoms with E-state index >= 15 is 0 Å². The first-order chi connectivity index (χ1) is 16.8. The third kappa shape index (κ3) is 5.09. The molecule has 0 saturated heterocycles. The minimum absolute atomic E-state index is 0.112. The third-order valence-corrected chi connectivity index (χ3v) is 7.17. The Morgan fingerprint density at radius 1 is 0.971 bits per heavy atom. The quantitative estimate of drug-likeness (QED) is 0.460. The first-order valence-corrected chi connectivity index (χ1v) is 12.8. The van der Waals surface area contributed by atoms with Crippen molar-refractivity contribution in [1.29, 1.82) is 0 Å². The summed E-state index contributed by atoms with van der Waals surface area (Å²) in [7, 11) is 0. The summed E-state index contributed by atoms with van der Waals surface area (Å²) in [5, 5.41) is 0. The maximum absolute atomic E-state index is 13.7. The second kappa shape index (κ2) is 10.6. The number of carbonyl (C=O) groups is 2. The average Bonchev–Trinajstić information content (AvgIpc) is 2.84. The van der Waals surface area contributed by atoms with E-state index in [1.807, 2.05) is 39.0 Å². The minimum atomic E-state index is -0.437. The van der Waals surface area contributed by atoms with Crippen molar-refractivity contribution in [3.05, 3.63) is 77.0 Å². The zero-order valence-corrected chi connectivity index (χ0v) is 21.5. The number of ketones is 1. The van der Waals surface area contributed by atoms with E-state index in [1.165, 1.54) is 0 Å². The molecule has 2 aliphatic rings. The summed E-state index contributed by atoms with van der Waals surface area (Å²) in [4.78, 5) is 34.1. The maximum atomic E-state index is 13.7. The van der Waals surface area contributed by atoms with Crippen LogP contribution in [0.25, 0.3) is 0 Å². The molecule has 0 radical (unpaired) electrons. The summed E-state index contributed by atoms with van der Waals surface area (Å²) >= 11 is 0. The van der Waals surface area contributed by atoms with Crippen LogP contribution in [0.3, 0.4) is 0 Å². The molecule has 35 heavy (non-hydrogen) atoms. The molecule has 2 aromatic carbocycles. The number of benzene rings is 2. The number of nitrogens with zero attached hydrogens (tertiary/aromatic N) is 2. The lowest BCUT2D eigenvalue weighted by atomic mass is 9.66. The van der Waals surface area contributed by atoms with Gasteiger partial charge in [0.15, 0.2) is 0 Å². The van der Waals surface area contributed by atoms with Crippen LogP contribution in [0.15, 0.2) is 70.9 Å². The number of allylic oxidation sites excluding steroid dienone is 1. The van der Waals surface area contributed by atoms with E-state index < -0.39 is 5.92 Å². The van der Waals surface area contributed by atoms with Crippen LogP contribution in [0.2, 0.25) is 0 Å². The standard InChI is InChI=1S/C30H36N2O3/c1-6-32(7-2)24-15-13-22(14-16-24)28-27(30(34)35-19(3)4)20(5)31-25-17-23(18-26(33)29(25)28)21-11-9-8-10-12-21/h8-16,19,23,28-29H,6-7,17-18H2,1-5H3/t23-,28+,29?/m1/s1. The predicted molar refractivity (Wildman–Crippen MR) is 141 cm³/mol. The van der Waals surface area contributed by atoms with E-state index in [4.69, 9.17) is 9.73 Å². The van der Waals surface area contributed by atoms with E-state index in [1.54, 1.807) is 0 Å². The van der Waals surface area contributed by atoms with Crippen molar-refractivity contribution in [3.63, 3.8) is 0 Å². The molecule has 0 amide bonds. The Balaban J connectivity index is 1.76. The van der Waals surface area contributed by atoms with Gasteiger partial charge in [-0.05, 0) is 70.2 Å². The molecule has 2 aromatic rings. The number of hydrogen-bond acceptors (Lipinski definition) is 5. The normalized spacial score (nSPS) is 22.1. The molecule has 1 heterocycles. The van der Waals surface area contributed by atoms with Crippen LogP contribution < -0.4 is 4.90 Å². The van der Waals surface area contributed by atoms with Crippen molar-refractivity contribution in [3.8, 4) is 0 Å². The molecule has 5 nitrogen and oxygen atoms in total. The summed E-state index contributed by atoms with van der Waals surface area (Å²) in [5.74, 6) is -0.946. The molecular weight excluding hydrogens is 436 g/mol. The molecule has 1 unspecified atom stereocenters. The third-order valence-electron chi connectivity index (χ3n) is 7.17. The highest BCUT2D eigenvalue weighted by molar-refractivity contribution is 6.12. The number of hydrogen-bond donors (Lipinski definition) is 0. The fourth-order valence-electron chi connectivity index (χ4n) is 5.52. The second-order valence-corrected chi connectivity index (χ2v) is 9.76. The molecule has 184 valence electrons. The van der Waals surface area contributed by atoms with Crippen molar-refractivity contribution < 1.29 is 14.3 Å². The van der Waals surface area contributed by atoms with Gasteiger partial charge in [0.1, 0.15) is 5.78 Å². The molecule has 3 atom stereocenters. The number of Topliss-reactive ketones (excluding diaryl/α,β-unsaturated/α-hetero) is 1. The SMILES string of the molecule is CCN(CC)c1ccc([C@H]2C(C(=O)OC(C)C)=C(C)N=C3C[C@@H](c4ccccc4)CC(=O)C32)cc1. The Hall–Kier alpha value is -3.21. The van der Waals surface area contributed by atoms with Gasteiger partial charge in [-0.3, -0.25) is 9.79 Å². The van der Waals surface area contributed by atoms with Crippen LogP contribution in [-0.2, 0) is 14.3 Å². The second-order valence-electron chi connectivity index (χ2n) is 9.76. The van der Waals surface area contributed by atoms with Gasteiger partial charge in [-0.2, -0.15) is 0 Å². The molecule has 1 saturated carbocycles. The maximum Gasteiger partial charge on any atom is 0.336 e. The number of esters is 1. The largest absolute Gasteiger partial charge is 0.460 e. The summed E-state index contributed by atoms with van der Waals surface area (Å²) in [6.07, 6.45) is 0.925. The van der Waals surface area contributed by atoms with Crippen LogP contribution in [0, 0.1) is 5.92 Å². The number of anilines is 1. The zero-order chi connectivity index (χ0) is 25.1. The van der Waals surface area contributed by atoms with Gasteiger partial charge in [-0.25, -0.2) is 4.79 Å². The van der Waals surface area contributed by atoms with Gasteiger partial charge in [-0.1, -0.05) is 42.5 Å². The molecule has 1 aliphatic carbocycles. The lowest BCUT2D eigenvalue weighted by Gasteiger charge is -2.38. The number of aliphatic imine (C=N–C) groups is 1. The lowest BCUT2D eigenvalue weighted by molar-refractivity contribution is -0.143. The van der Waals surface area contributed by atoms with Gasteiger partial charge in [0, 0.05) is 42.5 Å². The van der Waals surface area contributed by atoms with Crippen LogP contribution >= 0.6 is 0 Å². The molecule has 0 spiro atoms. The van der Waals surface area contributed by atoms with Gasteiger partial charge in [0.05, 0.1) is 17.6 Å². The van der Waals surface area contributed by atoms with Crippen LogP contribution in [-0.4, -0.2) is 36.7 Å². The highest BCUT2D eigenvalue weighted by Crippen LogP contribution is 2.46. The highest BCUT2D eigenvalue weighted by Gasteiger charge is 2.46. The number of fused-ring (bicyclic) bond motifs is 1. The van der Waals surface area contributed by atoms with Crippen LogP contribution in [0.4, 0.5) is 5.69 Å². The summed E-state index contributed by atoms with van der Waals surface area (Å²) in [6.45, 7) is 11.7. The molecular formula is C30H36N2O3. The van der Waals surface area contributed by atoms with Gasteiger partial charge in [0.25, 0.3) is 0 Å². The number of ether oxygens (including phenoxy) is 1. The Morgan fingerprint density at radius 2 is 1.63 bits per heavy atom. The Kier molecular flexibility index (Phi) is 7.54. The van der Waals surface area contributed by atoms with Crippen molar-refractivity contribution in [2.45, 2.75) is 65.4 Å². The van der Waals surface area contributed by atoms with Crippen molar-refractivity contribution >= 4 is 23.2 Å². The Bertz CT molecular complexity index is 1130. The zero-order valence-electron chi connectivity index (χ0n) is 21.5. The number of rotatable bonds is 7. The molecule has 1 aliphatic heterocycles. The fourth-order valence-corrected chi connectivity index (χ4v) is 5.52. The van der Waals surface area contributed by atoms with Gasteiger partial charge < -0.3 is 9.64 Å². The fraction of sp³-hybridized carbons (Fsp3) is 0.433. The average molecular weight is 473 g/mol. The monoisotopic (exact) mass is 472 g/mol. The van der Waals surface area contributed by atoms with Gasteiger partial charge in [0.2, 0.25) is 0 Å². The number of carbonyl (C=O) groups excluding carboxylic acids is 2. The Morgan fingerprint density at radius 3 is 2.23 bits per heavy atom. The van der Waals surface area contributed by atoms with E-state index in [0.29, 0.717) is 17.7 Å². The van der Waals surface area contributed by atoms with Crippen molar-refractivity contribution in [1.82, 2.24) is 0 Å². The highest BCUT2D eigenvalue weighted by atomic mass is 16.5. The molecule has 0 aromatic heterocycles. The van der Waals surface area contributed by atoms with Crippen LogP contribution in [0.5, 0.6) is 0 Å². The summed E-state index contributed by atoms with van der Waals surface area (Å²) < 4.78 is 5.63. The van der Waals surface area contributed by atoms with E-state index in [2.05, 4.69) is 55.1 Å². The van der Waals surface area contributed by atoms with E-state index in [0.717, 1.165) is 42.0 Å². The van der Waals surface area contributed by atoms with Gasteiger partial charge >= 0.3 is 5.97 Å². The Labute approximate surface area is 208 Å². The predicted octanol–water partition coefficient (Wildman–Crippen LogP) is 6.06. The molecule has 0 N–H and O–H groups in total. The first kappa shape index (κ1) is 24.9. The topological polar surface area (TPSA) is 59.0 Å². The van der Waals surface area contributed by atoms with Crippen molar-refractivity contribution in [2.24, 2.45) is 10.9 Å². The smallest absolute Gasteiger partial charge is 0.336 e. The van der Waals surface area contributed by atoms with Gasteiger partial charge in [-0.15, -0.1) is 0 Å². The minimum Gasteiger partial charge on any atom is -0.460 e. The molecule has 0 bridgehead atoms. The summed E-state index contributed by atoms with van der Waals surface area (Å²) in [5.41, 5.74) is 5.30. The van der Waals surface area contributed by atoms with E-state index in [-0.39, 0.29) is 29.7 Å². The molecule has 5 heteroatoms. The van der Waals surface area contributed by atoms with E-state index in [9.17, 15) is 9.59 Å². The van der Waals surface area contributed by atoms with Crippen LogP contribution in [0.1, 0.15) is 70.4 Å². The summed E-state index contributed by atoms with van der Waals surface area (Å²) in [6, 6.07) is 18.5. The lowest BCUT2D eigenvalue weighted by Crippen LogP contribution is -2.41. The molecule has 4 rings (SSSR count). The first-order valence-electron chi connectivity index (χ1n) is 12.8. The van der Waals surface area contributed by atoms with Crippen molar-refractivity contribution in [2.75, 3.05) is 18.0 Å². The molecule has 1 fully saturated rings.